The van der Waals surface area contributed by atoms with E-state index < -0.39 is 0 Å². The van der Waals surface area contributed by atoms with Crippen LogP contribution in [-0.2, 0) is 0 Å². The second-order valence-electron chi connectivity index (χ2n) is 7.71. The highest BCUT2D eigenvalue weighted by Crippen LogP contribution is 2.44. The average molecular weight is 276 g/mol. The molecule has 0 spiro atoms. The summed E-state index contributed by atoms with van der Waals surface area (Å²) in [7, 11) is 0. The first kappa shape index (κ1) is 15.8. The zero-order valence-electron chi connectivity index (χ0n) is 13.9. The summed E-state index contributed by atoms with van der Waals surface area (Å²) in [5.74, 6) is 1.94. The van der Waals surface area contributed by atoms with Crippen LogP contribution in [0.4, 0.5) is 0 Å². The minimum Gasteiger partial charge on any atom is -0.299 e. The first-order valence-corrected chi connectivity index (χ1v) is 8.65. The fourth-order valence-corrected chi connectivity index (χ4v) is 4.20. The van der Waals surface area contributed by atoms with Crippen LogP contribution >= 0.6 is 0 Å². The molecule has 2 heteroatoms. The molecule has 1 aliphatic heterocycles. The van der Waals surface area contributed by atoms with Gasteiger partial charge in [0.1, 0.15) is 0 Å². The van der Waals surface area contributed by atoms with Crippen molar-refractivity contribution in [2.24, 2.45) is 23.2 Å². The number of nitrogens with zero attached hydrogens (tertiary/aromatic N) is 2. The zero-order valence-corrected chi connectivity index (χ0v) is 13.9. The number of hydrogen-bond acceptors (Lipinski definition) is 2. The van der Waals surface area contributed by atoms with Gasteiger partial charge in [-0.15, -0.1) is 0 Å². The maximum absolute atomic E-state index is 9.51. The Morgan fingerprint density at radius 3 is 2.50 bits per heavy atom. The third-order valence-electron chi connectivity index (χ3n) is 6.36. The SMILES string of the molecule is CCC1CCN(C2CC(C(C)(C)CC)CCC2C#N)C1. The number of rotatable bonds is 4. The molecule has 2 fully saturated rings. The van der Waals surface area contributed by atoms with Crippen molar-refractivity contribution >= 4 is 0 Å². The Labute approximate surface area is 125 Å². The fraction of sp³-hybridized carbons (Fsp3) is 0.944. The molecular weight excluding hydrogens is 244 g/mol. The first-order chi connectivity index (χ1) is 9.51. The molecule has 2 rings (SSSR count). The van der Waals surface area contributed by atoms with Crippen LogP contribution in [-0.4, -0.2) is 24.0 Å². The Balaban J connectivity index is 2.06. The normalized spacial score (nSPS) is 36.0. The van der Waals surface area contributed by atoms with E-state index >= 15 is 0 Å². The molecule has 1 saturated carbocycles. The molecule has 20 heavy (non-hydrogen) atoms. The van der Waals surface area contributed by atoms with E-state index in [9.17, 15) is 5.26 Å². The van der Waals surface area contributed by atoms with Gasteiger partial charge in [0.05, 0.1) is 12.0 Å². The molecule has 2 aliphatic rings. The van der Waals surface area contributed by atoms with Crippen molar-refractivity contribution in [1.29, 1.82) is 5.26 Å². The number of hydrogen-bond donors (Lipinski definition) is 0. The lowest BCUT2D eigenvalue weighted by molar-refractivity contribution is 0.0617. The van der Waals surface area contributed by atoms with Gasteiger partial charge >= 0.3 is 0 Å². The van der Waals surface area contributed by atoms with Gasteiger partial charge < -0.3 is 0 Å². The van der Waals surface area contributed by atoms with Gasteiger partial charge in [-0.1, -0.05) is 40.5 Å². The molecule has 4 unspecified atom stereocenters. The lowest BCUT2D eigenvalue weighted by Crippen LogP contribution is -2.45. The predicted octanol–water partition coefficient (Wildman–Crippen LogP) is 4.46. The smallest absolute Gasteiger partial charge is 0.0672 e. The molecule has 4 atom stereocenters. The molecule has 1 saturated heterocycles. The van der Waals surface area contributed by atoms with Gasteiger partial charge in [-0.05, 0) is 49.5 Å². The molecule has 114 valence electrons. The largest absolute Gasteiger partial charge is 0.299 e. The van der Waals surface area contributed by atoms with Crippen molar-refractivity contribution in [1.82, 2.24) is 4.90 Å². The van der Waals surface area contributed by atoms with E-state index in [1.807, 2.05) is 0 Å². The second kappa shape index (κ2) is 6.48. The molecule has 0 aromatic heterocycles. The van der Waals surface area contributed by atoms with E-state index in [0.29, 0.717) is 11.5 Å². The van der Waals surface area contributed by atoms with Crippen molar-refractivity contribution in [3.05, 3.63) is 0 Å². The molecule has 1 aliphatic carbocycles. The first-order valence-electron chi connectivity index (χ1n) is 8.65. The van der Waals surface area contributed by atoms with Crippen LogP contribution in [0.3, 0.4) is 0 Å². The lowest BCUT2D eigenvalue weighted by Gasteiger charge is -2.44. The van der Waals surface area contributed by atoms with Gasteiger partial charge in [-0.2, -0.15) is 5.26 Å². The Kier molecular flexibility index (Phi) is 5.13. The topological polar surface area (TPSA) is 27.0 Å². The average Bonchev–Trinajstić information content (AvgIpc) is 2.95. The third kappa shape index (κ3) is 3.19. The zero-order chi connectivity index (χ0) is 14.8. The maximum atomic E-state index is 9.51. The quantitative estimate of drug-likeness (QED) is 0.758. The summed E-state index contributed by atoms with van der Waals surface area (Å²) in [6.45, 7) is 11.9. The summed E-state index contributed by atoms with van der Waals surface area (Å²) in [5, 5.41) is 9.51. The van der Waals surface area contributed by atoms with E-state index in [2.05, 4.69) is 38.7 Å². The molecule has 0 radical (unpaired) electrons. The Morgan fingerprint density at radius 2 is 1.95 bits per heavy atom. The molecule has 2 nitrogen and oxygen atoms in total. The predicted molar refractivity (Wildman–Crippen MR) is 84.3 cm³/mol. The molecule has 1 heterocycles. The highest BCUT2D eigenvalue weighted by atomic mass is 15.2. The summed E-state index contributed by atoms with van der Waals surface area (Å²) < 4.78 is 0. The van der Waals surface area contributed by atoms with Gasteiger partial charge in [-0.3, -0.25) is 4.90 Å². The van der Waals surface area contributed by atoms with Gasteiger partial charge in [0.2, 0.25) is 0 Å². The van der Waals surface area contributed by atoms with Crippen molar-refractivity contribution in [2.45, 2.75) is 72.3 Å². The summed E-state index contributed by atoms with van der Waals surface area (Å²) in [6, 6.07) is 3.14. The molecule has 0 bridgehead atoms. The van der Waals surface area contributed by atoms with Crippen LogP contribution in [0, 0.1) is 34.5 Å². The Bertz CT molecular complexity index is 355. The molecular formula is C18H32N2. The van der Waals surface area contributed by atoms with Crippen molar-refractivity contribution in [3.8, 4) is 6.07 Å². The van der Waals surface area contributed by atoms with E-state index in [0.717, 1.165) is 18.3 Å². The minimum atomic E-state index is 0.273. The molecule has 0 N–H and O–H groups in total. The lowest BCUT2D eigenvalue weighted by atomic mass is 9.66. The van der Waals surface area contributed by atoms with Crippen LogP contribution in [0.5, 0.6) is 0 Å². The van der Waals surface area contributed by atoms with Gasteiger partial charge in [0.25, 0.3) is 0 Å². The summed E-state index contributed by atoms with van der Waals surface area (Å²) in [6.07, 6.45) is 7.50. The number of likely N-dealkylation sites (tertiary alicyclic amines) is 1. The summed E-state index contributed by atoms with van der Waals surface area (Å²) in [5.41, 5.74) is 0.433. The van der Waals surface area contributed by atoms with Gasteiger partial charge in [-0.25, -0.2) is 0 Å². The third-order valence-corrected chi connectivity index (χ3v) is 6.36. The van der Waals surface area contributed by atoms with Crippen molar-refractivity contribution < 1.29 is 0 Å². The van der Waals surface area contributed by atoms with Crippen molar-refractivity contribution in [2.75, 3.05) is 13.1 Å². The van der Waals surface area contributed by atoms with Crippen molar-refractivity contribution in [3.63, 3.8) is 0 Å². The monoisotopic (exact) mass is 276 g/mol. The van der Waals surface area contributed by atoms with Gasteiger partial charge in [0.15, 0.2) is 0 Å². The summed E-state index contributed by atoms with van der Waals surface area (Å²) in [4.78, 5) is 2.65. The van der Waals surface area contributed by atoms with Crippen LogP contribution in [0.2, 0.25) is 0 Å². The van der Waals surface area contributed by atoms with E-state index in [1.54, 1.807) is 0 Å². The van der Waals surface area contributed by atoms with Crippen LogP contribution in [0.15, 0.2) is 0 Å². The molecule has 0 amide bonds. The Morgan fingerprint density at radius 1 is 1.20 bits per heavy atom. The Hall–Kier alpha value is -0.550. The standard InChI is InChI=1S/C18H32N2/c1-5-14-9-10-20(13-14)17-11-16(18(3,4)6-2)8-7-15(17)12-19/h14-17H,5-11,13H2,1-4H3. The molecule has 0 aromatic rings. The number of nitriles is 1. The fourth-order valence-electron chi connectivity index (χ4n) is 4.20. The molecule has 0 aromatic carbocycles. The highest BCUT2D eigenvalue weighted by molar-refractivity contribution is 5.01. The maximum Gasteiger partial charge on any atom is 0.0672 e. The van der Waals surface area contributed by atoms with Crippen LogP contribution in [0.1, 0.15) is 66.2 Å². The minimum absolute atomic E-state index is 0.273. The van der Waals surface area contributed by atoms with Gasteiger partial charge in [0, 0.05) is 12.6 Å². The van der Waals surface area contributed by atoms with E-state index in [1.165, 1.54) is 45.2 Å². The van der Waals surface area contributed by atoms with E-state index in [-0.39, 0.29) is 5.92 Å². The highest BCUT2D eigenvalue weighted by Gasteiger charge is 2.41. The van der Waals surface area contributed by atoms with Crippen LogP contribution in [0.25, 0.3) is 0 Å². The summed E-state index contributed by atoms with van der Waals surface area (Å²) >= 11 is 0. The van der Waals surface area contributed by atoms with E-state index in [4.69, 9.17) is 0 Å². The second-order valence-corrected chi connectivity index (χ2v) is 7.71. The van der Waals surface area contributed by atoms with Crippen LogP contribution < -0.4 is 0 Å².